The summed E-state index contributed by atoms with van der Waals surface area (Å²) in [6.45, 7) is 6.41. The molecule has 3 nitrogen and oxygen atoms in total. The highest BCUT2D eigenvalue weighted by atomic mass is 16.1. The number of Topliss-reactive ketones (excluding diaryl/α,β-unsaturated/α-hetero) is 1. The SMILES string of the molecule is CC(C)N1Cc2ccc(C(=O)CN)cc2C1. The van der Waals surface area contributed by atoms with Gasteiger partial charge in [-0.15, -0.1) is 0 Å². The van der Waals surface area contributed by atoms with Crippen LogP contribution >= 0.6 is 0 Å². The van der Waals surface area contributed by atoms with E-state index in [0.29, 0.717) is 6.04 Å². The zero-order valence-corrected chi connectivity index (χ0v) is 9.86. The summed E-state index contributed by atoms with van der Waals surface area (Å²) < 4.78 is 0. The molecule has 1 heterocycles. The van der Waals surface area contributed by atoms with Crippen molar-refractivity contribution < 1.29 is 4.79 Å². The molecule has 16 heavy (non-hydrogen) atoms. The number of carbonyl (C=O) groups is 1. The van der Waals surface area contributed by atoms with Crippen LogP contribution < -0.4 is 5.73 Å². The minimum absolute atomic E-state index is 0.0193. The van der Waals surface area contributed by atoms with E-state index in [9.17, 15) is 4.79 Å². The van der Waals surface area contributed by atoms with Gasteiger partial charge in [-0.25, -0.2) is 0 Å². The minimum atomic E-state index is 0.0193. The molecule has 0 fully saturated rings. The van der Waals surface area contributed by atoms with Gasteiger partial charge < -0.3 is 5.73 Å². The Hall–Kier alpha value is -1.19. The number of carbonyl (C=O) groups excluding carboxylic acids is 1. The third kappa shape index (κ3) is 2.01. The summed E-state index contributed by atoms with van der Waals surface area (Å²) in [5, 5.41) is 0. The summed E-state index contributed by atoms with van der Waals surface area (Å²) in [6, 6.07) is 6.48. The van der Waals surface area contributed by atoms with Gasteiger partial charge in [-0.3, -0.25) is 9.69 Å². The molecular formula is C13H18N2O. The zero-order chi connectivity index (χ0) is 11.7. The molecule has 2 rings (SSSR count). The molecule has 0 saturated heterocycles. The van der Waals surface area contributed by atoms with Crippen molar-refractivity contribution in [1.29, 1.82) is 0 Å². The molecule has 0 spiro atoms. The van der Waals surface area contributed by atoms with Gasteiger partial charge in [-0.05, 0) is 31.0 Å². The number of ketones is 1. The molecule has 1 aromatic rings. The summed E-state index contributed by atoms with van der Waals surface area (Å²) >= 11 is 0. The van der Waals surface area contributed by atoms with Crippen LogP contribution in [0.1, 0.15) is 35.3 Å². The van der Waals surface area contributed by atoms with Crippen molar-refractivity contribution in [1.82, 2.24) is 4.90 Å². The molecule has 0 aromatic heterocycles. The second-order valence-electron chi connectivity index (χ2n) is 4.61. The maximum atomic E-state index is 11.5. The van der Waals surface area contributed by atoms with Crippen LogP contribution in [0, 0.1) is 0 Å². The van der Waals surface area contributed by atoms with Crippen LogP contribution in [0.5, 0.6) is 0 Å². The van der Waals surface area contributed by atoms with Crippen LogP contribution in [0.4, 0.5) is 0 Å². The molecule has 0 bridgehead atoms. The van der Waals surface area contributed by atoms with Gasteiger partial charge in [0.1, 0.15) is 0 Å². The van der Waals surface area contributed by atoms with Gasteiger partial charge in [0.25, 0.3) is 0 Å². The molecule has 0 unspecified atom stereocenters. The smallest absolute Gasteiger partial charge is 0.176 e. The van der Waals surface area contributed by atoms with Crippen LogP contribution in [0.3, 0.4) is 0 Å². The number of nitrogens with zero attached hydrogens (tertiary/aromatic N) is 1. The molecule has 3 heteroatoms. The Morgan fingerprint density at radius 1 is 1.38 bits per heavy atom. The van der Waals surface area contributed by atoms with E-state index in [4.69, 9.17) is 5.73 Å². The first kappa shape index (κ1) is 11.3. The molecule has 0 amide bonds. The van der Waals surface area contributed by atoms with Crippen molar-refractivity contribution >= 4 is 5.78 Å². The summed E-state index contributed by atoms with van der Waals surface area (Å²) in [5.74, 6) is 0.0193. The highest BCUT2D eigenvalue weighted by Gasteiger charge is 2.21. The van der Waals surface area contributed by atoms with Gasteiger partial charge in [0.2, 0.25) is 0 Å². The van der Waals surface area contributed by atoms with Gasteiger partial charge in [0.05, 0.1) is 6.54 Å². The van der Waals surface area contributed by atoms with Crippen molar-refractivity contribution in [2.45, 2.75) is 33.0 Å². The predicted molar refractivity (Wildman–Crippen MR) is 64.2 cm³/mol. The number of benzene rings is 1. The number of hydrogen-bond donors (Lipinski definition) is 1. The fraction of sp³-hybridized carbons (Fsp3) is 0.462. The summed E-state index contributed by atoms with van der Waals surface area (Å²) in [7, 11) is 0. The lowest BCUT2D eigenvalue weighted by atomic mass is 10.0. The molecule has 86 valence electrons. The zero-order valence-electron chi connectivity index (χ0n) is 9.86. The topological polar surface area (TPSA) is 46.3 Å². The van der Waals surface area contributed by atoms with E-state index in [0.717, 1.165) is 18.7 Å². The van der Waals surface area contributed by atoms with E-state index in [-0.39, 0.29) is 12.3 Å². The van der Waals surface area contributed by atoms with Crippen molar-refractivity contribution in [2.75, 3.05) is 6.54 Å². The van der Waals surface area contributed by atoms with Gasteiger partial charge in [0.15, 0.2) is 5.78 Å². The van der Waals surface area contributed by atoms with Crippen LogP contribution in [-0.4, -0.2) is 23.3 Å². The fourth-order valence-corrected chi connectivity index (χ4v) is 2.08. The van der Waals surface area contributed by atoms with E-state index in [1.165, 1.54) is 11.1 Å². The summed E-state index contributed by atoms with van der Waals surface area (Å²) in [4.78, 5) is 13.9. The lowest BCUT2D eigenvalue weighted by Gasteiger charge is -2.18. The maximum Gasteiger partial charge on any atom is 0.176 e. The standard InChI is InChI=1S/C13H18N2O/c1-9(2)15-7-11-4-3-10(13(16)6-14)5-12(11)8-15/h3-5,9H,6-8,14H2,1-2H3. The molecular weight excluding hydrogens is 200 g/mol. The Morgan fingerprint density at radius 2 is 2.06 bits per heavy atom. The average molecular weight is 218 g/mol. The van der Waals surface area contributed by atoms with E-state index >= 15 is 0 Å². The third-order valence-electron chi connectivity index (χ3n) is 3.19. The molecule has 0 saturated carbocycles. The Balaban J connectivity index is 2.24. The molecule has 1 aromatic carbocycles. The molecule has 0 radical (unpaired) electrons. The van der Waals surface area contributed by atoms with Crippen molar-refractivity contribution in [3.05, 3.63) is 34.9 Å². The van der Waals surface area contributed by atoms with Crippen molar-refractivity contribution in [2.24, 2.45) is 5.73 Å². The van der Waals surface area contributed by atoms with E-state index in [1.54, 1.807) is 0 Å². The summed E-state index contributed by atoms with van der Waals surface area (Å²) in [5.41, 5.74) is 8.71. The number of fused-ring (bicyclic) bond motifs is 1. The monoisotopic (exact) mass is 218 g/mol. The van der Waals surface area contributed by atoms with Gasteiger partial charge in [-0.2, -0.15) is 0 Å². The van der Waals surface area contributed by atoms with E-state index in [1.807, 2.05) is 12.1 Å². The first-order chi connectivity index (χ1) is 7.61. The normalized spacial score (nSPS) is 15.5. The average Bonchev–Trinajstić information content (AvgIpc) is 2.70. The lowest BCUT2D eigenvalue weighted by molar-refractivity contribution is 0.100. The van der Waals surface area contributed by atoms with Crippen LogP contribution in [0.2, 0.25) is 0 Å². The maximum absolute atomic E-state index is 11.5. The van der Waals surface area contributed by atoms with Crippen LogP contribution in [0.25, 0.3) is 0 Å². The Kier molecular flexibility index (Phi) is 3.08. The predicted octanol–water partition coefficient (Wildman–Crippen LogP) is 1.55. The highest BCUT2D eigenvalue weighted by molar-refractivity contribution is 5.97. The van der Waals surface area contributed by atoms with Crippen LogP contribution in [0.15, 0.2) is 18.2 Å². The largest absolute Gasteiger partial charge is 0.324 e. The first-order valence-corrected chi connectivity index (χ1v) is 5.71. The van der Waals surface area contributed by atoms with Crippen molar-refractivity contribution in [3.63, 3.8) is 0 Å². The number of nitrogens with two attached hydrogens (primary N) is 1. The quantitative estimate of drug-likeness (QED) is 0.783. The lowest BCUT2D eigenvalue weighted by Crippen LogP contribution is -2.24. The van der Waals surface area contributed by atoms with Crippen LogP contribution in [-0.2, 0) is 13.1 Å². The Bertz CT molecular complexity index is 412. The van der Waals surface area contributed by atoms with Gasteiger partial charge in [0, 0.05) is 24.7 Å². The molecule has 2 N–H and O–H groups in total. The minimum Gasteiger partial charge on any atom is -0.324 e. The van der Waals surface area contributed by atoms with E-state index < -0.39 is 0 Å². The number of rotatable bonds is 3. The van der Waals surface area contributed by atoms with Gasteiger partial charge in [-0.1, -0.05) is 12.1 Å². The second-order valence-corrected chi connectivity index (χ2v) is 4.61. The third-order valence-corrected chi connectivity index (χ3v) is 3.19. The first-order valence-electron chi connectivity index (χ1n) is 5.71. The molecule has 0 aliphatic carbocycles. The Morgan fingerprint density at radius 3 is 2.69 bits per heavy atom. The molecule has 1 aliphatic heterocycles. The fourth-order valence-electron chi connectivity index (χ4n) is 2.08. The molecule has 0 atom stereocenters. The van der Waals surface area contributed by atoms with Crippen molar-refractivity contribution in [3.8, 4) is 0 Å². The highest BCUT2D eigenvalue weighted by Crippen LogP contribution is 2.25. The van der Waals surface area contributed by atoms with Gasteiger partial charge >= 0.3 is 0 Å². The summed E-state index contributed by atoms with van der Waals surface area (Å²) in [6.07, 6.45) is 0. The molecule has 1 aliphatic rings. The second kappa shape index (κ2) is 4.36. The Labute approximate surface area is 96.2 Å². The van der Waals surface area contributed by atoms with E-state index in [2.05, 4.69) is 24.8 Å². The number of hydrogen-bond acceptors (Lipinski definition) is 3.